The summed E-state index contributed by atoms with van der Waals surface area (Å²) < 4.78 is 84.1. The van der Waals surface area contributed by atoms with Gasteiger partial charge >= 0.3 is 12.1 Å². The largest absolute Gasteiger partial charge is 0.465 e. The number of carbonyl (C=O) groups excluding carboxylic acids is 3. The molecule has 0 bridgehead atoms. The summed E-state index contributed by atoms with van der Waals surface area (Å²) in [5, 5.41) is 13.6. The smallest absolute Gasteiger partial charge is 0.408 e. The van der Waals surface area contributed by atoms with Crippen LogP contribution in [0.25, 0.3) is 16.7 Å². The molecule has 4 amide bonds. The Hall–Kier alpha value is -4.65. The van der Waals surface area contributed by atoms with E-state index in [9.17, 15) is 32.3 Å². The number of nitrogens with zero attached hydrogens (tertiary/aromatic N) is 5. The molecule has 4 aliphatic rings. The van der Waals surface area contributed by atoms with E-state index in [0.717, 1.165) is 11.8 Å². The Morgan fingerprint density at radius 3 is 2.52 bits per heavy atom. The van der Waals surface area contributed by atoms with Crippen LogP contribution in [-0.4, -0.2) is 108 Å². The number of imidazole rings is 1. The van der Waals surface area contributed by atoms with Crippen molar-refractivity contribution >= 4 is 62.1 Å². The number of fused-ring (bicyclic) bond motifs is 5. The number of halogens is 4. The van der Waals surface area contributed by atoms with Gasteiger partial charge in [-0.3, -0.25) is 33.3 Å². The van der Waals surface area contributed by atoms with Gasteiger partial charge in [0.2, 0.25) is 27.6 Å². The van der Waals surface area contributed by atoms with Crippen molar-refractivity contribution in [2.75, 3.05) is 6.67 Å². The van der Waals surface area contributed by atoms with Gasteiger partial charge in [-0.05, 0) is 95.8 Å². The van der Waals surface area contributed by atoms with E-state index >= 15 is 13.6 Å². The summed E-state index contributed by atoms with van der Waals surface area (Å²) in [4.78, 5) is 66.8. The Labute approximate surface area is 356 Å². The van der Waals surface area contributed by atoms with Gasteiger partial charge in [0.1, 0.15) is 29.0 Å². The second-order valence-electron chi connectivity index (χ2n) is 17.7. The Morgan fingerprint density at radius 2 is 1.89 bits per heavy atom. The molecule has 0 radical (unpaired) electrons. The number of aryl methyl sites for hydroxylation is 1. The molecule has 2 aliphatic carbocycles. The lowest BCUT2D eigenvalue weighted by molar-refractivity contribution is -0.218. The number of nitrogens with one attached hydrogen (secondary N) is 2. The Bertz CT molecular complexity index is 2430. The molecule has 4 heterocycles. The van der Waals surface area contributed by atoms with Crippen LogP contribution in [0, 0.1) is 24.7 Å². The van der Waals surface area contributed by atoms with Crippen molar-refractivity contribution in [3.63, 3.8) is 0 Å². The van der Waals surface area contributed by atoms with Crippen molar-refractivity contribution in [3.8, 4) is 5.88 Å². The van der Waals surface area contributed by atoms with Gasteiger partial charge in [-0.1, -0.05) is 44.5 Å². The fourth-order valence-electron chi connectivity index (χ4n) is 9.01. The summed E-state index contributed by atoms with van der Waals surface area (Å²) >= 11 is 6.38. The molecular formula is C41H51ClF3N7O8S. The number of carboxylic acid groups (broad SMARTS) is 1. The van der Waals surface area contributed by atoms with Gasteiger partial charge in [0.15, 0.2) is 5.60 Å². The molecule has 20 heteroatoms. The number of alkyl halides is 3. The zero-order valence-electron chi connectivity index (χ0n) is 34.8. The molecule has 1 saturated heterocycles. The molecule has 8 atom stereocenters. The minimum absolute atomic E-state index is 0.0210. The molecule has 3 N–H and O–H groups in total. The van der Waals surface area contributed by atoms with Gasteiger partial charge in [-0.25, -0.2) is 22.6 Å². The summed E-state index contributed by atoms with van der Waals surface area (Å²) in [6, 6.07) is -4.31. The van der Waals surface area contributed by atoms with E-state index in [-0.39, 0.29) is 65.0 Å². The Morgan fingerprint density at radius 1 is 1.18 bits per heavy atom. The molecule has 332 valence electrons. The molecule has 3 fully saturated rings. The molecule has 1 aromatic carbocycles. The van der Waals surface area contributed by atoms with E-state index in [4.69, 9.17) is 16.3 Å². The number of sulfonamides is 1. The number of aromatic nitrogens is 3. The van der Waals surface area contributed by atoms with Crippen LogP contribution in [0.1, 0.15) is 91.7 Å². The van der Waals surface area contributed by atoms with Crippen LogP contribution >= 0.6 is 11.6 Å². The SMILES string of the molecule is CCC(C)N(C(=O)O)[C@@H]1C(=O)N2[C@@H](C[C@@](C)(Oc3nc4nc(C)cn4c4ccc(Cl)cc34)C2(F)F)C(=O)N[C@]2(C(=O)NS(=O)(=O)C3(CF)CC3)C[C@H]2/C=C\CC[C@H](C)C[C@H]1C. The highest BCUT2D eigenvalue weighted by Gasteiger charge is 2.71. The Balaban J connectivity index is 1.36. The lowest BCUT2D eigenvalue weighted by Gasteiger charge is -2.42. The van der Waals surface area contributed by atoms with E-state index in [0.29, 0.717) is 24.1 Å². The average molecular weight is 894 g/mol. The molecule has 2 aliphatic heterocycles. The minimum Gasteiger partial charge on any atom is -0.465 e. The topological polar surface area (TPSA) is 193 Å². The maximum Gasteiger partial charge on any atom is 0.408 e. The number of carbonyl (C=O) groups is 4. The van der Waals surface area contributed by atoms with Gasteiger partial charge in [0.25, 0.3) is 11.8 Å². The lowest BCUT2D eigenvalue weighted by atomic mass is 9.86. The normalized spacial score (nSPS) is 30.9. The van der Waals surface area contributed by atoms with Crippen molar-refractivity contribution < 1.29 is 50.6 Å². The number of hydrogen-bond acceptors (Lipinski definition) is 9. The lowest BCUT2D eigenvalue weighted by Crippen LogP contribution is -2.64. The highest BCUT2D eigenvalue weighted by Crippen LogP contribution is 2.52. The summed E-state index contributed by atoms with van der Waals surface area (Å²) in [5.74, 6) is -5.77. The van der Waals surface area contributed by atoms with Crippen molar-refractivity contribution in [2.24, 2.45) is 17.8 Å². The summed E-state index contributed by atoms with van der Waals surface area (Å²) in [7, 11) is -4.56. The van der Waals surface area contributed by atoms with E-state index in [1.165, 1.54) is 6.07 Å². The minimum atomic E-state index is -4.56. The third-order valence-electron chi connectivity index (χ3n) is 13.1. The van der Waals surface area contributed by atoms with Crippen molar-refractivity contribution in [2.45, 2.75) is 133 Å². The number of amides is 4. The predicted octanol–water partition coefficient (Wildman–Crippen LogP) is 6.16. The van der Waals surface area contributed by atoms with Crippen LogP contribution in [0.3, 0.4) is 0 Å². The second-order valence-corrected chi connectivity index (χ2v) is 20.2. The molecule has 15 nitrogen and oxygen atoms in total. The summed E-state index contributed by atoms with van der Waals surface area (Å²) in [6.45, 7) is 8.24. The van der Waals surface area contributed by atoms with Crippen molar-refractivity contribution in [1.82, 2.24) is 34.2 Å². The van der Waals surface area contributed by atoms with Gasteiger partial charge in [0.05, 0.1) is 16.6 Å². The van der Waals surface area contributed by atoms with Gasteiger partial charge in [-0.2, -0.15) is 13.8 Å². The maximum absolute atomic E-state index is 17.8. The van der Waals surface area contributed by atoms with E-state index in [2.05, 4.69) is 15.3 Å². The van der Waals surface area contributed by atoms with E-state index < -0.39 is 98.8 Å². The average Bonchev–Trinajstić information content (AvgIpc) is 4.07. The van der Waals surface area contributed by atoms with Gasteiger partial charge in [0, 0.05) is 29.6 Å². The molecule has 2 saturated carbocycles. The number of allylic oxidation sites excluding steroid dienone is 1. The standard InChI is InChI=1S/C41H51ClF3N7O8S/c1-7-25(5)51(37(56)57)31-23(3)16-22(2)10-8-9-11-26-18-40(26,35(55)49-61(58,59)39(21-43)14-15-39)48-32(53)30-19-38(6,41(44,45)52(30)34(31)54)60-33-28-17-27(42)12-13-29(28)50-20-24(4)46-36(50)47-33/h9,11-13,17,20,22-23,25-26,30-31H,7-8,10,14-16,18-19,21H2,1-6H3,(H,48,53)(H,49,55)(H,56,57)/b11-9-/t22-,23+,25?,26+,30-,31-,38+,40+/m0/s1. The predicted molar refractivity (Wildman–Crippen MR) is 218 cm³/mol. The zero-order valence-corrected chi connectivity index (χ0v) is 36.3. The zero-order chi connectivity index (χ0) is 44.6. The van der Waals surface area contributed by atoms with Crippen LogP contribution in [-0.2, 0) is 24.4 Å². The van der Waals surface area contributed by atoms with Crippen molar-refractivity contribution in [3.05, 3.63) is 47.3 Å². The fraction of sp³-hybridized carbons (Fsp3) is 0.610. The number of benzene rings is 1. The summed E-state index contributed by atoms with van der Waals surface area (Å²) in [5.41, 5.74) is -3.72. The van der Waals surface area contributed by atoms with Crippen LogP contribution in [0.4, 0.5) is 18.0 Å². The molecule has 0 spiro atoms. The monoisotopic (exact) mass is 893 g/mol. The fourth-order valence-corrected chi connectivity index (χ4v) is 10.6. The third kappa shape index (κ3) is 7.56. The maximum atomic E-state index is 17.8. The van der Waals surface area contributed by atoms with Crippen LogP contribution in [0.15, 0.2) is 36.5 Å². The molecule has 61 heavy (non-hydrogen) atoms. The van der Waals surface area contributed by atoms with Gasteiger partial charge in [-0.15, -0.1) is 0 Å². The molecule has 7 rings (SSSR count). The third-order valence-corrected chi connectivity index (χ3v) is 15.5. The van der Waals surface area contributed by atoms with E-state index in [1.807, 2.05) is 11.6 Å². The highest BCUT2D eigenvalue weighted by molar-refractivity contribution is 7.91. The van der Waals surface area contributed by atoms with Crippen molar-refractivity contribution in [1.29, 1.82) is 0 Å². The van der Waals surface area contributed by atoms with Gasteiger partial charge < -0.3 is 15.2 Å². The molecule has 3 aromatic rings. The van der Waals surface area contributed by atoms with E-state index in [1.54, 1.807) is 62.6 Å². The summed E-state index contributed by atoms with van der Waals surface area (Å²) in [6.07, 6.45) is 4.00. The van der Waals surface area contributed by atoms with Crippen LogP contribution < -0.4 is 14.8 Å². The number of ether oxygens (including phenoxy) is 1. The Kier molecular flexibility index (Phi) is 11.4. The first-order valence-corrected chi connectivity index (χ1v) is 22.4. The molecular weight excluding hydrogens is 843 g/mol. The van der Waals surface area contributed by atoms with Crippen LogP contribution in [0.5, 0.6) is 5.88 Å². The first-order chi connectivity index (χ1) is 28.5. The number of hydrogen-bond donors (Lipinski definition) is 3. The number of rotatable bonds is 9. The quantitative estimate of drug-likeness (QED) is 0.166. The second kappa shape index (κ2) is 15.6. The first kappa shape index (κ1) is 44.4. The van der Waals surface area contributed by atoms with Crippen LogP contribution in [0.2, 0.25) is 5.02 Å². The molecule has 1 unspecified atom stereocenters. The first-order valence-electron chi connectivity index (χ1n) is 20.5. The molecule has 2 aromatic heterocycles. The highest BCUT2D eigenvalue weighted by atomic mass is 35.5.